The Labute approximate surface area is 160 Å². The monoisotopic (exact) mass is 390 g/mol. The van der Waals surface area contributed by atoms with Gasteiger partial charge in [-0.05, 0) is 35.9 Å². The molecule has 2 atom stereocenters. The van der Waals surface area contributed by atoms with Crippen LogP contribution in [-0.2, 0) is 4.84 Å². The molecule has 3 N–H and O–H groups in total. The van der Waals surface area contributed by atoms with E-state index < -0.39 is 29.6 Å². The van der Waals surface area contributed by atoms with Crippen LogP contribution in [-0.4, -0.2) is 38.7 Å². The van der Waals surface area contributed by atoms with Crippen molar-refractivity contribution in [1.82, 2.24) is 10.8 Å². The SMILES string of the molecule is CONC1=NC[C@@H](c2ccc(OC)cc2F)[C@@H]1NC(=O)Nc1ccc(F)cc1. The molecule has 1 aliphatic rings. The highest BCUT2D eigenvalue weighted by atomic mass is 19.1. The molecule has 0 saturated carbocycles. The first-order chi connectivity index (χ1) is 13.5. The number of halogens is 2. The molecule has 0 aliphatic carbocycles. The molecule has 0 fully saturated rings. The number of anilines is 1. The number of carbonyl (C=O) groups is 1. The van der Waals surface area contributed by atoms with E-state index in [0.717, 1.165) is 0 Å². The summed E-state index contributed by atoms with van der Waals surface area (Å²) in [6.07, 6.45) is 0. The van der Waals surface area contributed by atoms with Gasteiger partial charge in [0, 0.05) is 17.7 Å². The summed E-state index contributed by atoms with van der Waals surface area (Å²) in [5, 5.41) is 5.38. The van der Waals surface area contributed by atoms with E-state index in [4.69, 9.17) is 9.57 Å². The van der Waals surface area contributed by atoms with E-state index in [2.05, 4.69) is 21.1 Å². The molecule has 2 aromatic carbocycles. The molecule has 148 valence electrons. The Balaban J connectivity index is 1.78. The average molecular weight is 390 g/mol. The fourth-order valence-electron chi connectivity index (χ4n) is 3.02. The van der Waals surface area contributed by atoms with Crippen LogP contribution < -0.4 is 20.9 Å². The van der Waals surface area contributed by atoms with Gasteiger partial charge in [0.2, 0.25) is 0 Å². The number of benzene rings is 2. The molecule has 0 saturated heterocycles. The third-order valence-corrected chi connectivity index (χ3v) is 4.36. The minimum absolute atomic E-state index is 0.260. The van der Waals surface area contributed by atoms with E-state index >= 15 is 0 Å². The highest BCUT2D eigenvalue weighted by Gasteiger charge is 2.36. The maximum absolute atomic E-state index is 14.6. The smallest absolute Gasteiger partial charge is 0.319 e. The van der Waals surface area contributed by atoms with E-state index in [1.807, 2.05) is 0 Å². The predicted molar refractivity (Wildman–Crippen MR) is 100 cm³/mol. The third-order valence-electron chi connectivity index (χ3n) is 4.36. The molecule has 0 spiro atoms. The first kappa shape index (κ1) is 19.6. The molecular formula is C19H20F2N4O3. The highest BCUT2D eigenvalue weighted by molar-refractivity contribution is 5.96. The summed E-state index contributed by atoms with van der Waals surface area (Å²) < 4.78 is 32.6. The van der Waals surface area contributed by atoms with Gasteiger partial charge >= 0.3 is 6.03 Å². The fourth-order valence-corrected chi connectivity index (χ4v) is 3.02. The van der Waals surface area contributed by atoms with Crippen molar-refractivity contribution in [2.24, 2.45) is 4.99 Å². The lowest BCUT2D eigenvalue weighted by Crippen LogP contribution is -2.49. The van der Waals surface area contributed by atoms with E-state index in [1.165, 1.54) is 44.6 Å². The molecule has 28 heavy (non-hydrogen) atoms. The Bertz CT molecular complexity index is 874. The summed E-state index contributed by atoms with van der Waals surface area (Å²) in [4.78, 5) is 21.6. The zero-order valence-electron chi connectivity index (χ0n) is 15.3. The zero-order chi connectivity index (χ0) is 20.1. The summed E-state index contributed by atoms with van der Waals surface area (Å²) in [5.74, 6) is -0.534. The number of ether oxygens (including phenoxy) is 1. The summed E-state index contributed by atoms with van der Waals surface area (Å²) in [7, 11) is 2.87. The Hall–Kier alpha value is -3.20. The van der Waals surface area contributed by atoms with Crippen molar-refractivity contribution in [3.05, 3.63) is 59.7 Å². The van der Waals surface area contributed by atoms with Crippen LogP contribution in [0.15, 0.2) is 47.5 Å². The Morgan fingerprint density at radius 3 is 2.54 bits per heavy atom. The number of urea groups is 1. The maximum Gasteiger partial charge on any atom is 0.319 e. The van der Waals surface area contributed by atoms with Gasteiger partial charge in [0.25, 0.3) is 0 Å². The van der Waals surface area contributed by atoms with E-state index in [1.54, 1.807) is 12.1 Å². The molecule has 1 heterocycles. The van der Waals surface area contributed by atoms with Crippen molar-refractivity contribution in [3.8, 4) is 5.75 Å². The lowest BCUT2D eigenvalue weighted by molar-refractivity contribution is 0.141. The Morgan fingerprint density at radius 1 is 1.14 bits per heavy atom. The third kappa shape index (κ3) is 4.37. The number of nitrogens with zero attached hydrogens (tertiary/aromatic N) is 1. The number of hydrogen-bond donors (Lipinski definition) is 3. The average Bonchev–Trinajstić information content (AvgIpc) is 3.06. The van der Waals surface area contributed by atoms with Crippen molar-refractivity contribution >= 4 is 17.6 Å². The van der Waals surface area contributed by atoms with Gasteiger partial charge in [-0.25, -0.2) is 13.6 Å². The number of amides is 2. The van der Waals surface area contributed by atoms with E-state index in [-0.39, 0.29) is 6.54 Å². The van der Waals surface area contributed by atoms with Gasteiger partial charge in [-0.15, -0.1) is 0 Å². The minimum atomic E-state index is -0.650. The molecule has 0 unspecified atom stereocenters. The molecule has 0 bridgehead atoms. The van der Waals surface area contributed by atoms with Gasteiger partial charge in [0.15, 0.2) is 0 Å². The van der Waals surface area contributed by atoms with Crippen LogP contribution in [0.25, 0.3) is 0 Å². The van der Waals surface area contributed by atoms with Crippen molar-refractivity contribution in [1.29, 1.82) is 0 Å². The van der Waals surface area contributed by atoms with Crippen LogP contribution in [0.3, 0.4) is 0 Å². The summed E-state index contributed by atoms with van der Waals surface area (Å²) >= 11 is 0. The number of hydrogen-bond acceptors (Lipinski definition) is 5. The molecule has 9 heteroatoms. The molecule has 1 aliphatic heterocycles. The molecule has 3 rings (SSSR count). The molecule has 2 aromatic rings. The number of carbonyl (C=O) groups excluding carboxylic acids is 1. The van der Waals surface area contributed by atoms with Crippen molar-refractivity contribution in [3.63, 3.8) is 0 Å². The topological polar surface area (TPSA) is 84.0 Å². The second-order valence-corrected chi connectivity index (χ2v) is 6.11. The number of methoxy groups -OCH3 is 1. The van der Waals surface area contributed by atoms with Gasteiger partial charge in [0.1, 0.15) is 23.2 Å². The van der Waals surface area contributed by atoms with Crippen LogP contribution in [0.1, 0.15) is 11.5 Å². The Kier molecular flexibility index (Phi) is 6.05. The molecule has 7 nitrogen and oxygen atoms in total. The standard InChI is InChI=1S/C19H20F2N4O3/c1-27-13-7-8-14(16(21)9-13)15-10-22-18(25-28-2)17(15)24-19(26)23-12-5-3-11(20)4-6-12/h3-9,15,17H,10H2,1-2H3,(H,22,25)(H2,23,24,26)/t15-,17-/m0/s1. The van der Waals surface area contributed by atoms with Gasteiger partial charge in [-0.2, -0.15) is 0 Å². The zero-order valence-corrected chi connectivity index (χ0v) is 15.3. The van der Waals surface area contributed by atoms with E-state index in [0.29, 0.717) is 22.8 Å². The largest absolute Gasteiger partial charge is 0.497 e. The molecule has 0 aromatic heterocycles. The number of rotatable bonds is 5. The summed E-state index contributed by atoms with van der Waals surface area (Å²) in [5.41, 5.74) is 3.44. The van der Waals surface area contributed by atoms with Crippen molar-refractivity contribution in [2.75, 3.05) is 26.1 Å². The molecule has 2 amide bonds. The van der Waals surface area contributed by atoms with Crippen molar-refractivity contribution < 1.29 is 23.1 Å². The van der Waals surface area contributed by atoms with Gasteiger partial charge in [-0.3, -0.25) is 15.3 Å². The van der Waals surface area contributed by atoms with E-state index in [9.17, 15) is 13.6 Å². The number of hydroxylamine groups is 1. The lowest BCUT2D eigenvalue weighted by atomic mass is 9.92. The van der Waals surface area contributed by atoms with Crippen LogP contribution in [0.4, 0.5) is 19.3 Å². The first-order valence-electron chi connectivity index (χ1n) is 8.51. The molecular weight excluding hydrogens is 370 g/mol. The van der Waals surface area contributed by atoms with Crippen molar-refractivity contribution in [2.45, 2.75) is 12.0 Å². The molecule has 0 radical (unpaired) electrons. The highest BCUT2D eigenvalue weighted by Crippen LogP contribution is 2.30. The van der Waals surface area contributed by atoms with Gasteiger partial charge < -0.3 is 15.4 Å². The predicted octanol–water partition coefficient (Wildman–Crippen LogP) is 2.81. The fraction of sp³-hybridized carbons (Fsp3) is 0.263. The van der Waals surface area contributed by atoms with Crippen LogP contribution in [0.5, 0.6) is 5.75 Å². The Morgan fingerprint density at radius 2 is 1.89 bits per heavy atom. The van der Waals surface area contributed by atoms with Crippen LogP contribution in [0.2, 0.25) is 0 Å². The summed E-state index contributed by atoms with van der Waals surface area (Å²) in [6.45, 7) is 0.260. The minimum Gasteiger partial charge on any atom is -0.497 e. The normalized spacial score (nSPS) is 18.4. The number of nitrogens with one attached hydrogen (secondary N) is 3. The summed E-state index contributed by atoms with van der Waals surface area (Å²) in [6, 6.07) is 8.70. The van der Waals surface area contributed by atoms with Crippen LogP contribution in [0, 0.1) is 11.6 Å². The maximum atomic E-state index is 14.6. The van der Waals surface area contributed by atoms with Gasteiger partial charge in [0.05, 0.1) is 26.8 Å². The van der Waals surface area contributed by atoms with Gasteiger partial charge in [-0.1, -0.05) is 6.07 Å². The lowest BCUT2D eigenvalue weighted by Gasteiger charge is -2.23. The van der Waals surface area contributed by atoms with Crippen LogP contribution >= 0.6 is 0 Å². The first-order valence-corrected chi connectivity index (χ1v) is 8.51. The number of aliphatic imine (C=N–C) groups is 1. The quantitative estimate of drug-likeness (QED) is 0.686. The second-order valence-electron chi connectivity index (χ2n) is 6.11. The number of amidine groups is 1. The second kappa shape index (κ2) is 8.66.